The molecule has 1 aliphatic heterocycles. The molecule has 2 heterocycles. The van der Waals surface area contributed by atoms with Crippen LogP contribution in [0.15, 0.2) is 18.3 Å². The first-order valence-corrected chi connectivity index (χ1v) is 5.60. The molecule has 0 N–H and O–H groups in total. The summed E-state index contributed by atoms with van der Waals surface area (Å²) in [6, 6.07) is 3.76. The molecule has 1 fully saturated rings. The number of nitrogens with zero attached hydrogens (tertiary/aromatic N) is 3. The van der Waals surface area contributed by atoms with Gasteiger partial charge in [-0.05, 0) is 17.7 Å². The van der Waals surface area contributed by atoms with Crippen LogP contribution in [0.1, 0.15) is 5.56 Å². The number of piperazine rings is 1. The molecule has 1 aromatic heterocycles. The van der Waals surface area contributed by atoms with Gasteiger partial charge in [0.2, 0.25) is 5.91 Å². The Morgan fingerprint density at radius 2 is 2.31 bits per heavy atom. The maximum atomic E-state index is 11.5. The van der Waals surface area contributed by atoms with Gasteiger partial charge in [-0.25, -0.2) is 4.98 Å². The Morgan fingerprint density at radius 3 is 3.00 bits per heavy atom. The van der Waals surface area contributed by atoms with Crippen LogP contribution in [0.2, 0.25) is 5.15 Å². The molecular formula is C11H14ClN3O. The van der Waals surface area contributed by atoms with Gasteiger partial charge in [0.05, 0.1) is 6.54 Å². The van der Waals surface area contributed by atoms with Gasteiger partial charge in [-0.2, -0.15) is 0 Å². The third kappa shape index (κ3) is 2.71. The standard InChI is InChI=1S/C11H14ClN3O/c1-14-4-5-15(8-11(14)16)7-9-2-3-13-10(12)6-9/h2-3,6H,4-5,7-8H2,1H3. The number of carbonyl (C=O) groups is 1. The van der Waals surface area contributed by atoms with Crippen molar-refractivity contribution in [3.8, 4) is 0 Å². The minimum absolute atomic E-state index is 0.173. The van der Waals surface area contributed by atoms with E-state index in [1.807, 2.05) is 19.2 Å². The van der Waals surface area contributed by atoms with E-state index in [0.717, 1.165) is 25.2 Å². The van der Waals surface area contributed by atoms with Crippen molar-refractivity contribution in [2.24, 2.45) is 0 Å². The molecule has 0 bridgehead atoms. The largest absolute Gasteiger partial charge is 0.343 e. The number of hydrogen-bond donors (Lipinski definition) is 0. The predicted octanol–water partition coefficient (Wildman–Crippen LogP) is 1.01. The summed E-state index contributed by atoms with van der Waals surface area (Å²) in [4.78, 5) is 19.3. The van der Waals surface area contributed by atoms with E-state index in [4.69, 9.17) is 11.6 Å². The summed E-state index contributed by atoms with van der Waals surface area (Å²) in [6.45, 7) is 2.93. The van der Waals surface area contributed by atoms with Crippen molar-refractivity contribution >= 4 is 17.5 Å². The minimum Gasteiger partial charge on any atom is -0.343 e. The van der Waals surface area contributed by atoms with E-state index in [1.165, 1.54) is 0 Å². The molecule has 2 rings (SSSR count). The van der Waals surface area contributed by atoms with Gasteiger partial charge in [0, 0.05) is 32.9 Å². The first-order valence-electron chi connectivity index (χ1n) is 5.22. The lowest BCUT2D eigenvalue weighted by molar-refractivity contribution is -0.134. The third-order valence-corrected chi connectivity index (χ3v) is 2.94. The molecule has 0 atom stereocenters. The number of hydrogen-bond acceptors (Lipinski definition) is 3. The summed E-state index contributed by atoms with van der Waals surface area (Å²) < 4.78 is 0. The van der Waals surface area contributed by atoms with Crippen LogP contribution in [-0.4, -0.2) is 47.4 Å². The molecule has 16 heavy (non-hydrogen) atoms. The van der Waals surface area contributed by atoms with E-state index in [-0.39, 0.29) is 5.91 Å². The minimum atomic E-state index is 0.173. The van der Waals surface area contributed by atoms with E-state index in [0.29, 0.717) is 11.7 Å². The monoisotopic (exact) mass is 239 g/mol. The van der Waals surface area contributed by atoms with Crippen molar-refractivity contribution in [2.75, 3.05) is 26.7 Å². The molecular weight excluding hydrogens is 226 g/mol. The second-order valence-corrected chi connectivity index (χ2v) is 4.40. The molecule has 0 radical (unpaired) electrons. The fourth-order valence-electron chi connectivity index (χ4n) is 1.74. The van der Waals surface area contributed by atoms with Crippen molar-refractivity contribution in [2.45, 2.75) is 6.54 Å². The maximum absolute atomic E-state index is 11.5. The Kier molecular flexibility index (Phi) is 3.41. The summed E-state index contributed by atoms with van der Waals surface area (Å²) in [7, 11) is 1.84. The maximum Gasteiger partial charge on any atom is 0.236 e. The van der Waals surface area contributed by atoms with Crippen LogP contribution in [0.3, 0.4) is 0 Å². The topological polar surface area (TPSA) is 36.4 Å². The molecule has 0 aliphatic carbocycles. The first kappa shape index (κ1) is 11.4. The van der Waals surface area contributed by atoms with Gasteiger partial charge in [-0.3, -0.25) is 9.69 Å². The summed E-state index contributed by atoms with van der Waals surface area (Å²) in [5, 5.41) is 0.498. The Labute approximate surface area is 99.8 Å². The highest BCUT2D eigenvalue weighted by molar-refractivity contribution is 6.29. The number of aromatic nitrogens is 1. The molecule has 0 unspecified atom stereocenters. The van der Waals surface area contributed by atoms with Crippen molar-refractivity contribution in [3.63, 3.8) is 0 Å². The van der Waals surface area contributed by atoms with Gasteiger partial charge in [0.15, 0.2) is 0 Å². The van der Waals surface area contributed by atoms with Gasteiger partial charge in [-0.1, -0.05) is 11.6 Å². The zero-order chi connectivity index (χ0) is 11.5. The van der Waals surface area contributed by atoms with Crippen molar-refractivity contribution in [1.29, 1.82) is 0 Å². The number of halogens is 1. The summed E-state index contributed by atoms with van der Waals surface area (Å²) >= 11 is 5.81. The third-order valence-electron chi connectivity index (χ3n) is 2.73. The molecule has 0 saturated carbocycles. The molecule has 0 aromatic carbocycles. The predicted molar refractivity (Wildman–Crippen MR) is 62.2 cm³/mol. The Balaban J connectivity index is 1.98. The molecule has 1 saturated heterocycles. The van der Waals surface area contributed by atoms with Crippen LogP contribution in [0.5, 0.6) is 0 Å². The Morgan fingerprint density at radius 1 is 1.50 bits per heavy atom. The number of rotatable bonds is 2. The van der Waals surface area contributed by atoms with Crippen molar-refractivity contribution in [1.82, 2.24) is 14.8 Å². The van der Waals surface area contributed by atoms with Crippen molar-refractivity contribution in [3.05, 3.63) is 29.0 Å². The molecule has 1 aromatic rings. The van der Waals surface area contributed by atoms with Gasteiger partial charge in [0.25, 0.3) is 0 Å². The van der Waals surface area contributed by atoms with Gasteiger partial charge >= 0.3 is 0 Å². The highest BCUT2D eigenvalue weighted by Crippen LogP contribution is 2.11. The number of likely N-dealkylation sites (N-methyl/N-ethyl adjacent to an activating group) is 1. The highest BCUT2D eigenvalue weighted by atomic mass is 35.5. The van der Waals surface area contributed by atoms with Gasteiger partial charge < -0.3 is 4.90 Å². The summed E-state index contributed by atoms with van der Waals surface area (Å²) in [5.74, 6) is 0.173. The fraction of sp³-hybridized carbons (Fsp3) is 0.455. The number of carbonyl (C=O) groups excluding carboxylic acids is 1. The lowest BCUT2D eigenvalue weighted by Crippen LogP contribution is -2.47. The van der Waals surface area contributed by atoms with Crippen LogP contribution >= 0.6 is 11.6 Å². The van der Waals surface area contributed by atoms with E-state index in [9.17, 15) is 4.79 Å². The molecule has 1 amide bonds. The average molecular weight is 240 g/mol. The van der Waals surface area contributed by atoms with Crippen LogP contribution in [0.4, 0.5) is 0 Å². The average Bonchev–Trinajstić information content (AvgIpc) is 2.24. The zero-order valence-electron chi connectivity index (χ0n) is 9.19. The molecule has 86 valence electrons. The van der Waals surface area contributed by atoms with Crippen LogP contribution in [0, 0.1) is 0 Å². The lowest BCUT2D eigenvalue weighted by Gasteiger charge is -2.31. The van der Waals surface area contributed by atoms with E-state index in [2.05, 4.69) is 9.88 Å². The highest BCUT2D eigenvalue weighted by Gasteiger charge is 2.20. The van der Waals surface area contributed by atoms with Gasteiger partial charge in [-0.15, -0.1) is 0 Å². The SMILES string of the molecule is CN1CCN(Cc2ccnc(Cl)c2)CC1=O. The first-order chi connectivity index (χ1) is 7.65. The van der Waals surface area contributed by atoms with Crippen LogP contribution in [0.25, 0.3) is 0 Å². The molecule has 1 aliphatic rings. The lowest BCUT2D eigenvalue weighted by atomic mass is 10.2. The van der Waals surface area contributed by atoms with Crippen molar-refractivity contribution < 1.29 is 4.79 Å². The van der Waals surface area contributed by atoms with Crippen LogP contribution in [-0.2, 0) is 11.3 Å². The van der Waals surface area contributed by atoms with E-state index in [1.54, 1.807) is 11.1 Å². The summed E-state index contributed by atoms with van der Waals surface area (Å²) in [6.07, 6.45) is 1.69. The van der Waals surface area contributed by atoms with E-state index < -0.39 is 0 Å². The van der Waals surface area contributed by atoms with Gasteiger partial charge in [0.1, 0.15) is 5.15 Å². The van der Waals surface area contributed by atoms with E-state index >= 15 is 0 Å². The second-order valence-electron chi connectivity index (χ2n) is 4.01. The quantitative estimate of drug-likeness (QED) is 0.723. The molecule has 4 nitrogen and oxygen atoms in total. The zero-order valence-corrected chi connectivity index (χ0v) is 9.94. The number of pyridine rings is 1. The Hall–Kier alpha value is -1.13. The normalized spacial score (nSPS) is 17.9. The summed E-state index contributed by atoms with van der Waals surface area (Å²) in [5.41, 5.74) is 1.09. The Bertz CT molecular complexity index is 397. The number of amides is 1. The smallest absolute Gasteiger partial charge is 0.236 e. The molecule has 0 spiro atoms. The fourth-order valence-corrected chi connectivity index (χ4v) is 1.94. The second kappa shape index (κ2) is 4.80. The van der Waals surface area contributed by atoms with Crippen LogP contribution < -0.4 is 0 Å². The molecule has 5 heteroatoms.